The number of ether oxygens (including phenoxy) is 1. The molecular formula is C20H23N5O3. The number of hydrogen-bond donors (Lipinski definition) is 1. The summed E-state index contributed by atoms with van der Waals surface area (Å²) in [7, 11) is 0. The summed E-state index contributed by atoms with van der Waals surface area (Å²) in [6, 6.07) is 7.03. The van der Waals surface area contributed by atoms with Gasteiger partial charge in [-0.3, -0.25) is 19.6 Å². The van der Waals surface area contributed by atoms with E-state index in [1.165, 1.54) is 4.90 Å². The number of rotatable bonds is 4. The molecule has 8 heteroatoms. The SMILES string of the molecule is CC(C)c1cc2c(c(CN)n1)CN(c1cccc(N3C(=O)OC[C@@H]3C)n1)C2=O. The van der Waals surface area contributed by atoms with E-state index in [0.717, 1.165) is 17.0 Å². The molecule has 0 unspecified atom stereocenters. The number of cyclic esters (lactones) is 1. The second-order valence-corrected chi connectivity index (χ2v) is 7.42. The quantitative estimate of drug-likeness (QED) is 0.873. The summed E-state index contributed by atoms with van der Waals surface area (Å²) in [5.74, 6) is 1.02. The van der Waals surface area contributed by atoms with Crippen LogP contribution in [0.5, 0.6) is 0 Å². The molecule has 1 fully saturated rings. The van der Waals surface area contributed by atoms with Crippen molar-refractivity contribution < 1.29 is 14.3 Å². The monoisotopic (exact) mass is 381 g/mol. The van der Waals surface area contributed by atoms with Gasteiger partial charge >= 0.3 is 6.09 Å². The summed E-state index contributed by atoms with van der Waals surface area (Å²) in [4.78, 5) is 37.4. The summed E-state index contributed by atoms with van der Waals surface area (Å²) >= 11 is 0. The van der Waals surface area contributed by atoms with Crippen molar-refractivity contribution >= 4 is 23.6 Å². The molecule has 0 spiro atoms. The molecule has 2 aromatic rings. The zero-order valence-electron chi connectivity index (χ0n) is 16.2. The van der Waals surface area contributed by atoms with Crippen molar-refractivity contribution in [1.82, 2.24) is 9.97 Å². The van der Waals surface area contributed by atoms with Gasteiger partial charge in [0.1, 0.15) is 18.2 Å². The van der Waals surface area contributed by atoms with Crippen LogP contribution in [0.2, 0.25) is 0 Å². The van der Waals surface area contributed by atoms with E-state index in [0.29, 0.717) is 30.4 Å². The highest BCUT2D eigenvalue weighted by molar-refractivity contribution is 6.10. The standard InChI is InChI=1S/C20H23N5O3/c1-11(2)15-7-13-14(16(8-21)22-15)9-24(19(13)26)17-5-4-6-18(23-17)25-12(3)10-28-20(25)27/h4-7,11-12H,8-10,21H2,1-3H3/t12-/m0/s1. The summed E-state index contributed by atoms with van der Waals surface area (Å²) in [6.07, 6.45) is -0.427. The van der Waals surface area contributed by atoms with Gasteiger partial charge in [-0.15, -0.1) is 0 Å². The average molecular weight is 381 g/mol. The number of aromatic nitrogens is 2. The second kappa shape index (κ2) is 6.87. The van der Waals surface area contributed by atoms with E-state index in [4.69, 9.17) is 10.5 Å². The number of hydrogen-bond acceptors (Lipinski definition) is 6. The Morgan fingerprint density at radius 1 is 1.25 bits per heavy atom. The third kappa shape index (κ3) is 2.90. The molecule has 8 nitrogen and oxygen atoms in total. The number of nitrogens with zero attached hydrogens (tertiary/aromatic N) is 4. The molecule has 2 aromatic heterocycles. The molecule has 1 saturated heterocycles. The zero-order chi connectivity index (χ0) is 20.0. The fourth-order valence-electron chi connectivity index (χ4n) is 3.57. The molecular weight excluding hydrogens is 358 g/mol. The molecule has 0 radical (unpaired) electrons. The number of carbonyl (C=O) groups is 2. The highest BCUT2D eigenvalue weighted by Gasteiger charge is 2.35. The van der Waals surface area contributed by atoms with Crippen LogP contribution >= 0.6 is 0 Å². The van der Waals surface area contributed by atoms with Crippen LogP contribution in [0.25, 0.3) is 0 Å². The third-order valence-electron chi connectivity index (χ3n) is 5.13. The topological polar surface area (TPSA) is 102 Å². The minimum absolute atomic E-state index is 0.108. The van der Waals surface area contributed by atoms with Gasteiger partial charge in [0.05, 0.1) is 18.3 Å². The smallest absolute Gasteiger partial charge is 0.415 e. The van der Waals surface area contributed by atoms with Crippen LogP contribution in [0, 0.1) is 0 Å². The predicted molar refractivity (Wildman–Crippen MR) is 104 cm³/mol. The first-order valence-electron chi connectivity index (χ1n) is 9.38. The van der Waals surface area contributed by atoms with E-state index < -0.39 is 6.09 Å². The van der Waals surface area contributed by atoms with E-state index in [2.05, 4.69) is 9.97 Å². The summed E-state index contributed by atoms with van der Waals surface area (Å²) < 4.78 is 5.08. The first kappa shape index (κ1) is 18.4. The van der Waals surface area contributed by atoms with Crippen LogP contribution in [0.3, 0.4) is 0 Å². The Labute approximate surface area is 163 Å². The molecule has 0 aliphatic carbocycles. The van der Waals surface area contributed by atoms with Gasteiger partial charge in [-0.2, -0.15) is 0 Å². The highest BCUT2D eigenvalue weighted by Crippen LogP contribution is 2.32. The van der Waals surface area contributed by atoms with Gasteiger partial charge in [0.15, 0.2) is 0 Å². The molecule has 28 heavy (non-hydrogen) atoms. The predicted octanol–water partition coefficient (Wildman–Crippen LogP) is 2.56. The lowest BCUT2D eigenvalue weighted by atomic mass is 10.0. The maximum atomic E-state index is 13.1. The molecule has 1 atom stereocenters. The summed E-state index contributed by atoms with van der Waals surface area (Å²) in [5, 5.41) is 0. The summed E-state index contributed by atoms with van der Waals surface area (Å²) in [5.41, 5.74) is 8.96. The van der Waals surface area contributed by atoms with Crippen molar-refractivity contribution in [2.24, 2.45) is 5.73 Å². The largest absolute Gasteiger partial charge is 0.447 e. The number of pyridine rings is 2. The van der Waals surface area contributed by atoms with E-state index >= 15 is 0 Å². The van der Waals surface area contributed by atoms with E-state index in [-0.39, 0.29) is 24.4 Å². The Kier molecular flexibility index (Phi) is 4.50. The maximum absolute atomic E-state index is 13.1. The van der Waals surface area contributed by atoms with Gasteiger partial charge in [-0.1, -0.05) is 19.9 Å². The lowest BCUT2D eigenvalue weighted by molar-refractivity contribution is 0.0995. The van der Waals surface area contributed by atoms with Gasteiger partial charge in [0, 0.05) is 23.4 Å². The summed E-state index contributed by atoms with van der Waals surface area (Å²) in [6.45, 7) is 6.92. The second-order valence-electron chi connectivity index (χ2n) is 7.42. The highest BCUT2D eigenvalue weighted by atomic mass is 16.6. The van der Waals surface area contributed by atoms with Crippen molar-refractivity contribution in [3.05, 3.63) is 46.8 Å². The molecule has 0 saturated carbocycles. The van der Waals surface area contributed by atoms with Crippen molar-refractivity contribution in [3.63, 3.8) is 0 Å². The van der Waals surface area contributed by atoms with Crippen molar-refractivity contribution in [2.75, 3.05) is 16.4 Å². The van der Waals surface area contributed by atoms with E-state index in [1.807, 2.05) is 26.8 Å². The number of anilines is 2. The van der Waals surface area contributed by atoms with Gasteiger partial charge in [0.2, 0.25) is 0 Å². The van der Waals surface area contributed by atoms with Gasteiger partial charge < -0.3 is 10.5 Å². The first-order valence-corrected chi connectivity index (χ1v) is 9.38. The minimum Gasteiger partial charge on any atom is -0.447 e. The Morgan fingerprint density at radius 2 is 2.00 bits per heavy atom. The number of carbonyl (C=O) groups excluding carboxylic acids is 2. The molecule has 2 N–H and O–H groups in total. The van der Waals surface area contributed by atoms with Gasteiger partial charge in [0.25, 0.3) is 5.91 Å². The van der Waals surface area contributed by atoms with Crippen LogP contribution < -0.4 is 15.5 Å². The lowest BCUT2D eigenvalue weighted by Gasteiger charge is -2.20. The first-order chi connectivity index (χ1) is 13.4. The van der Waals surface area contributed by atoms with Gasteiger partial charge in [-0.25, -0.2) is 9.78 Å². The Bertz CT molecular complexity index is 959. The van der Waals surface area contributed by atoms with Crippen molar-refractivity contribution in [1.29, 1.82) is 0 Å². The Morgan fingerprint density at radius 3 is 2.64 bits per heavy atom. The van der Waals surface area contributed by atoms with Crippen molar-refractivity contribution in [2.45, 2.75) is 45.8 Å². The zero-order valence-corrected chi connectivity index (χ0v) is 16.2. The molecule has 4 rings (SSSR count). The van der Waals surface area contributed by atoms with Crippen LogP contribution in [0.4, 0.5) is 16.4 Å². The van der Waals surface area contributed by atoms with Crippen LogP contribution in [-0.4, -0.2) is 34.6 Å². The minimum atomic E-state index is -0.427. The average Bonchev–Trinajstić information content (AvgIpc) is 3.20. The van der Waals surface area contributed by atoms with Crippen molar-refractivity contribution in [3.8, 4) is 0 Å². The number of nitrogens with two attached hydrogens (primary N) is 1. The Balaban J connectivity index is 1.70. The molecule has 2 aliphatic heterocycles. The fraction of sp³-hybridized carbons (Fsp3) is 0.400. The fourth-order valence-corrected chi connectivity index (χ4v) is 3.57. The molecule has 0 aromatic carbocycles. The number of fused-ring (bicyclic) bond motifs is 1. The van der Waals surface area contributed by atoms with Crippen LogP contribution in [0.1, 0.15) is 54.0 Å². The van der Waals surface area contributed by atoms with E-state index in [9.17, 15) is 9.59 Å². The van der Waals surface area contributed by atoms with E-state index in [1.54, 1.807) is 23.1 Å². The Hall–Kier alpha value is -3.00. The normalized spacial score (nSPS) is 18.8. The molecule has 2 aliphatic rings. The van der Waals surface area contributed by atoms with Crippen LogP contribution in [-0.2, 0) is 17.8 Å². The lowest BCUT2D eigenvalue weighted by Crippen LogP contribution is -2.32. The van der Waals surface area contributed by atoms with Gasteiger partial charge in [-0.05, 0) is 31.0 Å². The number of amides is 2. The molecule has 0 bridgehead atoms. The third-order valence-corrected chi connectivity index (χ3v) is 5.13. The maximum Gasteiger partial charge on any atom is 0.415 e. The molecule has 4 heterocycles. The molecule has 146 valence electrons. The van der Waals surface area contributed by atoms with Crippen LogP contribution in [0.15, 0.2) is 24.3 Å². The molecule has 2 amide bonds.